The van der Waals surface area contributed by atoms with E-state index < -0.39 is 6.04 Å². The second kappa shape index (κ2) is 12.9. The van der Waals surface area contributed by atoms with Gasteiger partial charge in [-0.15, -0.1) is 0 Å². The van der Waals surface area contributed by atoms with E-state index in [9.17, 15) is 14.0 Å². The Bertz CT molecular complexity index is 1430. The fourth-order valence-corrected chi connectivity index (χ4v) is 4.74. The Labute approximate surface area is 233 Å². The molecular weight excluding hydrogens is 507 g/mol. The Kier molecular flexibility index (Phi) is 8.71. The fraction of sp³-hybridized carbons (Fsp3) is 0.212. The van der Waals surface area contributed by atoms with Crippen LogP contribution in [0.4, 0.5) is 4.39 Å². The monoisotopic (exact) mass is 538 g/mol. The molecule has 4 aromatic rings. The minimum Gasteiger partial charge on any atom is -0.454 e. The normalized spacial score (nSPS) is 12.5. The van der Waals surface area contributed by atoms with Crippen molar-refractivity contribution in [1.82, 2.24) is 10.2 Å². The van der Waals surface area contributed by atoms with E-state index in [4.69, 9.17) is 9.47 Å². The van der Waals surface area contributed by atoms with E-state index in [0.29, 0.717) is 24.3 Å². The van der Waals surface area contributed by atoms with Gasteiger partial charge in [0.2, 0.25) is 18.6 Å². The zero-order valence-electron chi connectivity index (χ0n) is 22.1. The lowest BCUT2D eigenvalue weighted by atomic mass is 10.0. The van der Waals surface area contributed by atoms with E-state index in [1.807, 2.05) is 78.9 Å². The Hall–Kier alpha value is -4.65. The zero-order valence-corrected chi connectivity index (χ0v) is 22.1. The highest BCUT2D eigenvalue weighted by Gasteiger charge is 2.30. The van der Waals surface area contributed by atoms with Crippen molar-refractivity contribution in [2.45, 2.75) is 38.4 Å². The molecule has 40 heavy (non-hydrogen) atoms. The predicted octanol–water partition coefficient (Wildman–Crippen LogP) is 5.44. The summed E-state index contributed by atoms with van der Waals surface area (Å²) in [6.45, 7) is 0.625. The van der Waals surface area contributed by atoms with Gasteiger partial charge in [0.25, 0.3) is 0 Å². The molecule has 0 saturated heterocycles. The Morgan fingerprint density at radius 1 is 0.775 bits per heavy atom. The van der Waals surface area contributed by atoms with Crippen LogP contribution in [0.1, 0.15) is 28.7 Å². The molecule has 1 heterocycles. The lowest BCUT2D eigenvalue weighted by molar-refractivity contribution is -0.141. The van der Waals surface area contributed by atoms with Crippen molar-refractivity contribution in [3.05, 3.63) is 131 Å². The molecule has 5 rings (SSSR count). The van der Waals surface area contributed by atoms with Gasteiger partial charge < -0.3 is 19.7 Å². The molecule has 0 aromatic heterocycles. The zero-order chi connectivity index (χ0) is 27.7. The van der Waals surface area contributed by atoms with Crippen molar-refractivity contribution in [3.63, 3.8) is 0 Å². The van der Waals surface area contributed by atoms with E-state index in [-0.39, 0.29) is 43.9 Å². The summed E-state index contributed by atoms with van der Waals surface area (Å²) in [5.41, 5.74) is 3.59. The molecule has 0 saturated carbocycles. The fourth-order valence-electron chi connectivity index (χ4n) is 4.74. The summed E-state index contributed by atoms with van der Waals surface area (Å²) in [5, 5.41) is 3.03. The average molecular weight is 539 g/mol. The maximum atomic E-state index is 13.8. The quantitative estimate of drug-likeness (QED) is 0.276. The lowest BCUT2D eigenvalue weighted by Crippen LogP contribution is -2.50. The number of rotatable bonds is 11. The number of carbonyl (C=O) groups is 2. The molecular formula is C33H31FN2O4. The number of halogens is 1. The summed E-state index contributed by atoms with van der Waals surface area (Å²) in [6, 6.07) is 30.2. The third-order valence-corrected chi connectivity index (χ3v) is 6.91. The largest absolute Gasteiger partial charge is 0.454 e. The van der Waals surface area contributed by atoms with Gasteiger partial charge in [0, 0.05) is 25.9 Å². The van der Waals surface area contributed by atoms with Gasteiger partial charge in [-0.1, -0.05) is 78.9 Å². The van der Waals surface area contributed by atoms with Crippen LogP contribution in [-0.2, 0) is 35.5 Å². The molecule has 0 fully saturated rings. The van der Waals surface area contributed by atoms with E-state index in [1.54, 1.807) is 17.0 Å². The highest BCUT2D eigenvalue weighted by Crippen LogP contribution is 2.32. The molecule has 0 aliphatic carbocycles. The van der Waals surface area contributed by atoms with Crippen LogP contribution in [0.25, 0.3) is 0 Å². The van der Waals surface area contributed by atoms with Crippen molar-refractivity contribution in [1.29, 1.82) is 0 Å². The smallest absolute Gasteiger partial charge is 0.243 e. The highest BCUT2D eigenvalue weighted by atomic mass is 19.1. The van der Waals surface area contributed by atoms with Crippen molar-refractivity contribution >= 4 is 11.8 Å². The van der Waals surface area contributed by atoms with Gasteiger partial charge in [-0.2, -0.15) is 0 Å². The second-order valence-electron chi connectivity index (χ2n) is 9.74. The Morgan fingerprint density at radius 2 is 1.43 bits per heavy atom. The molecule has 2 amide bonds. The van der Waals surface area contributed by atoms with Crippen LogP contribution >= 0.6 is 0 Å². The minimum atomic E-state index is -0.773. The summed E-state index contributed by atoms with van der Waals surface area (Å²) in [4.78, 5) is 29.2. The van der Waals surface area contributed by atoms with Crippen LogP contribution < -0.4 is 14.8 Å². The SMILES string of the molecule is O=C(NCc1ccc2c(c1)OCO2)C(Cc1ccccc1)N(Cc1ccc(F)cc1)C(=O)CCc1ccccc1. The van der Waals surface area contributed by atoms with Crippen LogP contribution in [0.3, 0.4) is 0 Å². The number of fused-ring (bicyclic) bond motifs is 1. The molecule has 204 valence electrons. The average Bonchev–Trinajstić information content (AvgIpc) is 3.46. The number of ether oxygens (including phenoxy) is 2. The van der Waals surface area contributed by atoms with Crippen molar-refractivity contribution in [2.75, 3.05) is 6.79 Å². The summed E-state index contributed by atoms with van der Waals surface area (Å²) in [5.74, 6) is 0.546. The van der Waals surface area contributed by atoms with Crippen LogP contribution in [0.5, 0.6) is 11.5 Å². The predicted molar refractivity (Wildman–Crippen MR) is 150 cm³/mol. The molecule has 0 spiro atoms. The minimum absolute atomic E-state index is 0.146. The number of benzene rings is 4. The number of carbonyl (C=O) groups excluding carboxylic acids is 2. The first kappa shape index (κ1) is 26.9. The summed E-state index contributed by atoms with van der Waals surface area (Å²) in [7, 11) is 0. The molecule has 0 bridgehead atoms. The van der Waals surface area contributed by atoms with Gasteiger partial charge in [0.05, 0.1) is 0 Å². The third kappa shape index (κ3) is 7.05. The van der Waals surface area contributed by atoms with Crippen molar-refractivity contribution < 1.29 is 23.5 Å². The van der Waals surface area contributed by atoms with E-state index in [0.717, 1.165) is 22.3 Å². The first-order valence-corrected chi connectivity index (χ1v) is 13.3. The molecule has 6 nitrogen and oxygen atoms in total. The number of hydrogen-bond donors (Lipinski definition) is 1. The second-order valence-corrected chi connectivity index (χ2v) is 9.74. The molecule has 0 radical (unpaired) electrons. The van der Waals surface area contributed by atoms with Gasteiger partial charge in [-0.3, -0.25) is 9.59 Å². The van der Waals surface area contributed by atoms with Crippen molar-refractivity contribution in [2.24, 2.45) is 0 Å². The molecule has 4 aromatic carbocycles. The van der Waals surface area contributed by atoms with Gasteiger partial charge in [0.1, 0.15) is 11.9 Å². The van der Waals surface area contributed by atoms with Gasteiger partial charge >= 0.3 is 0 Å². The Morgan fingerprint density at radius 3 is 2.15 bits per heavy atom. The Balaban J connectivity index is 1.39. The van der Waals surface area contributed by atoms with Gasteiger partial charge in [-0.05, 0) is 52.9 Å². The number of aryl methyl sites for hydroxylation is 1. The van der Waals surface area contributed by atoms with Crippen LogP contribution in [0, 0.1) is 5.82 Å². The molecule has 1 unspecified atom stereocenters. The van der Waals surface area contributed by atoms with E-state index in [1.165, 1.54) is 12.1 Å². The van der Waals surface area contributed by atoms with E-state index in [2.05, 4.69) is 5.32 Å². The molecule has 1 aliphatic heterocycles. The van der Waals surface area contributed by atoms with Crippen molar-refractivity contribution in [3.8, 4) is 11.5 Å². The van der Waals surface area contributed by atoms with Crippen LogP contribution in [0.15, 0.2) is 103 Å². The molecule has 1 atom stereocenters. The summed E-state index contributed by atoms with van der Waals surface area (Å²) < 4.78 is 24.5. The first-order chi connectivity index (χ1) is 19.5. The number of hydrogen-bond acceptors (Lipinski definition) is 4. The summed E-state index contributed by atoms with van der Waals surface area (Å²) >= 11 is 0. The topological polar surface area (TPSA) is 67.9 Å². The number of nitrogens with zero attached hydrogens (tertiary/aromatic N) is 1. The van der Waals surface area contributed by atoms with Gasteiger partial charge in [0.15, 0.2) is 11.5 Å². The summed E-state index contributed by atoms with van der Waals surface area (Å²) in [6.07, 6.45) is 1.13. The van der Waals surface area contributed by atoms with E-state index >= 15 is 0 Å². The molecule has 7 heteroatoms. The maximum absolute atomic E-state index is 13.8. The lowest BCUT2D eigenvalue weighted by Gasteiger charge is -2.32. The number of amides is 2. The molecule has 1 N–H and O–H groups in total. The highest BCUT2D eigenvalue weighted by molar-refractivity contribution is 5.88. The number of nitrogens with one attached hydrogen (secondary N) is 1. The first-order valence-electron chi connectivity index (χ1n) is 13.3. The van der Waals surface area contributed by atoms with Gasteiger partial charge in [-0.25, -0.2) is 4.39 Å². The van der Waals surface area contributed by atoms with Crippen LogP contribution in [-0.4, -0.2) is 29.5 Å². The van der Waals surface area contributed by atoms with Crippen LogP contribution in [0.2, 0.25) is 0 Å². The third-order valence-electron chi connectivity index (χ3n) is 6.91. The maximum Gasteiger partial charge on any atom is 0.243 e. The standard InChI is InChI=1S/C33H31FN2O4/c34-28-15-11-26(12-16-28)22-36(32(37)18-14-24-7-3-1-4-8-24)29(19-25-9-5-2-6-10-25)33(38)35-21-27-13-17-30-31(20-27)40-23-39-30/h1-13,15-17,20,29H,14,18-19,21-23H2,(H,35,38). The molecule has 1 aliphatic rings.